The third kappa shape index (κ3) is 1.67. The van der Waals surface area contributed by atoms with Crippen LogP contribution in [0.15, 0.2) is 24.4 Å². The molecule has 86 valence electrons. The lowest BCUT2D eigenvalue weighted by molar-refractivity contribution is 0.384. The minimum absolute atomic E-state index is 0.0341. The van der Waals surface area contributed by atoms with Crippen molar-refractivity contribution < 1.29 is 9.13 Å². The fraction of sp³-hybridized carbons (Fsp3) is 0.0909. The molecule has 1 aromatic carbocycles. The van der Waals surface area contributed by atoms with E-state index in [0.717, 1.165) is 0 Å². The largest absolute Gasteiger partial charge is 0.492 e. The van der Waals surface area contributed by atoms with Crippen molar-refractivity contribution in [1.82, 2.24) is 9.78 Å². The smallest absolute Gasteiger partial charge is 0.180 e. The maximum Gasteiger partial charge on any atom is 0.180 e. The Morgan fingerprint density at radius 3 is 2.88 bits per heavy atom. The molecule has 0 spiro atoms. The van der Waals surface area contributed by atoms with Crippen molar-refractivity contribution in [2.24, 2.45) is 0 Å². The van der Waals surface area contributed by atoms with Crippen LogP contribution in [-0.4, -0.2) is 16.9 Å². The second kappa shape index (κ2) is 4.14. The summed E-state index contributed by atoms with van der Waals surface area (Å²) in [6, 6.07) is 6.28. The van der Waals surface area contributed by atoms with Crippen molar-refractivity contribution in [2.75, 3.05) is 12.8 Å². The molecule has 0 amide bonds. The summed E-state index contributed by atoms with van der Waals surface area (Å²) < 4.78 is 19.7. The van der Waals surface area contributed by atoms with E-state index in [0.29, 0.717) is 5.69 Å². The third-order valence-corrected chi connectivity index (χ3v) is 2.31. The van der Waals surface area contributed by atoms with E-state index in [2.05, 4.69) is 5.10 Å². The average Bonchev–Trinajstić information content (AvgIpc) is 2.70. The molecule has 0 aliphatic carbocycles. The molecular weight excluding hydrogens is 223 g/mol. The molecule has 0 saturated carbocycles. The minimum Gasteiger partial charge on any atom is -0.492 e. The average molecular weight is 232 g/mol. The molecule has 0 unspecified atom stereocenters. The van der Waals surface area contributed by atoms with E-state index in [4.69, 9.17) is 15.7 Å². The number of para-hydroxylation sites is 1. The van der Waals surface area contributed by atoms with Gasteiger partial charge in [-0.25, -0.2) is 9.07 Å². The lowest BCUT2D eigenvalue weighted by Gasteiger charge is -2.10. The summed E-state index contributed by atoms with van der Waals surface area (Å²) in [4.78, 5) is 0. The summed E-state index contributed by atoms with van der Waals surface area (Å²) >= 11 is 0. The van der Waals surface area contributed by atoms with Crippen molar-refractivity contribution in [3.63, 3.8) is 0 Å². The summed E-state index contributed by atoms with van der Waals surface area (Å²) in [5, 5.41) is 12.7. The van der Waals surface area contributed by atoms with Gasteiger partial charge in [0.15, 0.2) is 11.6 Å². The monoisotopic (exact) mass is 232 g/mol. The van der Waals surface area contributed by atoms with Crippen molar-refractivity contribution >= 4 is 5.82 Å². The summed E-state index contributed by atoms with van der Waals surface area (Å²) in [5.74, 6) is -0.332. The number of ether oxygens (including phenoxy) is 1. The molecule has 2 aromatic rings. The zero-order valence-electron chi connectivity index (χ0n) is 9.01. The summed E-state index contributed by atoms with van der Waals surface area (Å²) in [6.45, 7) is 0. The number of hydrogen-bond donors (Lipinski definition) is 1. The lowest BCUT2D eigenvalue weighted by Crippen LogP contribution is -2.05. The molecule has 5 nitrogen and oxygen atoms in total. The highest BCUT2D eigenvalue weighted by molar-refractivity contribution is 5.56. The van der Waals surface area contributed by atoms with Crippen LogP contribution in [0.25, 0.3) is 5.69 Å². The van der Waals surface area contributed by atoms with E-state index in [1.54, 1.807) is 6.07 Å². The molecule has 1 heterocycles. The van der Waals surface area contributed by atoms with Gasteiger partial charge in [-0.2, -0.15) is 10.4 Å². The van der Waals surface area contributed by atoms with E-state index in [-0.39, 0.29) is 17.1 Å². The molecule has 6 heteroatoms. The maximum atomic E-state index is 13.5. The Balaban J connectivity index is 2.65. The van der Waals surface area contributed by atoms with Gasteiger partial charge in [-0.15, -0.1) is 0 Å². The number of benzene rings is 1. The predicted molar refractivity (Wildman–Crippen MR) is 59.2 cm³/mol. The molecular formula is C11H9FN4O. The number of nitrogens with two attached hydrogens (primary N) is 1. The molecule has 0 bridgehead atoms. The first-order valence-electron chi connectivity index (χ1n) is 4.75. The van der Waals surface area contributed by atoms with Crippen LogP contribution < -0.4 is 10.5 Å². The highest BCUT2D eigenvalue weighted by Gasteiger charge is 2.15. The molecule has 0 aliphatic rings. The maximum absolute atomic E-state index is 13.5. The first-order chi connectivity index (χ1) is 8.19. The third-order valence-electron chi connectivity index (χ3n) is 2.31. The number of halogens is 1. The van der Waals surface area contributed by atoms with Gasteiger partial charge in [0.25, 0.3) is 0 Å². The van der Waals surface area contributed by atoms with Gasteiger partial charge in [0, 0.05) is 0 Å². The van der Waals surface area contributed by atoms with Crippen LogP contribution in [-0.2, 0) is 0 Å². The molecule has 0 fully saturated rings. The number of aromatic nitrogens is 2. The standard InChI is InChI=1S/C11H9FN4O/c1-17-10-8(12)3-2-4-9(10)16-11(14)7(5-13)6-15-16/h2-4,6H,14H2,1H3. The van der Waals surface area contributed by atoms with Crippen LogP contribution in [0.3, 0.4) is 0 Å². The molecule has 1 aromatic heterocycles. The first-order valence-corrected chi connectivity index (χ1v) is 4.75. The van der Waals surface area contributed by atoms with Gasteiger partial charge >= 0.3 is 0 Å². The van der Waals surface area contributed by atoms with Crippen molar-refractivity contribution in [3.05, 3.63) is 35.8 Å². The number of nitrogens with zero attached hydrogens (tertiary/aromatic N) is 3. The van der Waals surface area contributed by atoms with E-state index < -0.39 is 5.82 Å². The van der Waals surface area contributed by atoms with Gasteiger partial charge in [0.1, 0.15) is 23.1 Å². The number of anilines is 1. The summed E-state index contributed by atoms with van der Waals surface area (Å²) in [6.07, 6.45) is 1.32. The fourth-order valence-electron chi connectivity index (χ4n) is 1.50. The Hall–Kier alpha value is -2.55. The second-order valence-electron chi connectivity index (χ2n) is 3.26. The van der Waals surface area contributed by atoms with Crippen LogP contribution in [0.1, 0.15) is 5.56 Å². The van der Waals surface area contributed by atoms with Gasteiger partial charge in [-0.3, -0.25) is 0 Å². The van der Waals surface area contributed by atoms with Crippen LogP contribution >= 0.6 is 0 Å². The van der Waals surface area contributed by atoms with Gasteiger partial charge in [0.05, 0.1) is 13.3 Å². The Morgan fingerprint density at radius 1 is 1.53 bits per heavy atom. The van der Waals surface area contributed by atoms with Crippen LogP contribution in [0, 0.1) is 17.1 Å². The zero-order chi connectivity index (χ0) is 12.4. The van der Waals surface area contributed by atoms with Crippen molar-refractivity contribution in [2.45, 2.75) is 0 Å². The highest BCUT2D eigenvalue weighted by Crippen LogP contribution is 2.28. The number of methoxy groups -OCH3 is 1. The van der Waals surface area contributed by atoms with Crippen LogP contribution in [0.4, 0.5) is 10.2 Å². The second-order valence-corrected chi connectivity index (χ2v) is 3.26. The highest BCUT2D eigenvalue weighted by atomic mass is 19.1. The number of hydrogen-bond acceptors (Lipinski definition) is 4. The normalized spacial score (nSPS) is 9.94. The Morgan fingerprint density at radius 2 is 2.29 bits per heavy atom. The fourth-order valence-corrected chi connectivity index (χ4v) is 1.50. The van der Waals surface area contributed by atoms with Gasteiger partial charge < -0.3 is 10.5 Å². The van der Waals surface area contributed by atoms with Crippen LogP contribution in [0.2, 0.25) is 0 Å². The van der Waals surface area contributed by atoms with Gasteiger partial charge in [-0.1, -0.05) is 6.07 Å². The predicted octanol–water partition coefficient (Wildman–Crippen LogP) is 1.47. The zero-order valence-corrected chi connectivity index (χ0v) is 9.01. The van der Waals surface area contributed by atoms with E-state index in [9.17, 15) is 4.39 Å². The molecule has 2 N–H and O–H groups in total. The number of nitriles is 1. The molecule has 0 atom stereocenters. The van der Waals surface area contributed by atoms with Gasteiger partial charge in [0.2, 0.25) is 0 Å². The molecule has 0 radical (unpaired) electrons. The Bertz CT molecular complexity index is 600. The molecule has 2 rings (SSSR count). The first kappa shape index (κ1) is 11.0. The minimum atomic E-state index is -0.515. The Labute approximate surface area is 96.8 Å². The Kier molecular flexibility index (Phi) is 2.66. The quantitative estimate of drug-likeness (QED) is 0.850. The van der Waals surface area contributed by atoms with Gasteiger partial charge in [-0.05, 0) is 12.1 Å². The molecule has 0 aliphatic heterocycles. The van der Waals surface area contributed by atoms with Crippen molar-refractivity contribution in [1.29, 1.82) is 5.26 Å². The molecule has 17 heavy (non-hydrogen) atoms. The van der Waals surface area contributed by atoms with E-state index in [1.165, 1.54) is 30.1 Å². The summed E-state index contributed by atoms with van der Waals surface area (Å²) in [7, 11) is 1.35. The lowest BCUT2D eigenvalue weighted by atomic mass is 10.2. The molecule has 0 saturated heterocycles. The van der Waals surface area contributed by atoms with Crippen LogP contribution in [0.5, 0.6) is 5.75 Å². The van der Waals surface area contributed by atoms with E-state index in [1.807, 2.05) is 6.07 Å². The number of nitrogen functional groups attached to an aromatic ring is 1. The summed E-state index contributed by atoms with van der Waals surface area (Å²) in [5.41, 5.74) is 6.31. The SMILES string of the molecule is COc1c(F)cccc1-n1ncc(C#N)c1N. The topological polar surface area (TPSA) is 76.9 Å². The van der Waals surface area contributed by atoms with E-state index >= 15 is 0 Å². The van der Waals surface area contributed by atoms with Crippen molar-refractivity contribution in [3.8, 4) is 17.5 Å². The number of rotatable bonds is 2.